The summed E-state index contributed by atoms with van der Waals surface area (Å²) in [6, 6.07) is 0.586. The first-order chi connectivity index (χ1) is 11.1. The molecule has 1 aromatic heterocycles. The SMILES string of the molecule is CC1(CC(=O)NCc2nnc(C3CC3)n2C2CC2)CCCCC1. The van der Waals surface area contributed by atoms with Crippen molar-refractivity contribution in [3.05, 3.63) is 11.6 Å². The van der Waals surface area contributed by atoms with E-state index in [0.29, 0.717) is 24.9 Å². The Morgan fingerprint density at radius 1 is 1.17 bits per heavy atom. The fourth-order valence-electron chi connectivity index (χ4n) is 4.02. The van der Waals surface area contributed by atoms with Gasteiger partial charge in [0.05, 0.1) is 6.54 Å². The van der Waals surface area contributed by atoms with Gasteiger partial charge >= 0.3 is 0 Å². The van der Waals surface area contributed by atoms with Gasteiger partial charge in [-0.05, 0) is 43.9 Å². The molecule has 0 saturated heterocycles. The number of aromatic nitrogens is 3. The fraction of sp³-hybridized carbons (Fsp3) is 0.833. The lowest BCUT2D eigenvalue weighted by Gasteiger charge is -2.32. The average molecular weight is 316 g/mol. The molecular weight excluding hydrogens is 288 g/mol. The number of amides is 1. The standard InChI is InChI=1S/C18H28N4O/c1-18(9-3-2-4-10-18)11-16(23)19-12-15-20-21-17(13-5-6-13)22(15)14-7-8-14/h13-14H,2-12H2,1H3,(H,19,23). The Labute approximate surface area is 138 Å². The average Bonchev–Trinajstić information content (AvgIpc) is 3.44. The van der Waals surface area contributed by atoms with E-state index < -0.39 is 0 Å². The maximum atomic E-state index is 12.4. The second kappa shape index (κ2) is 5.91. The van der Waals surface area contributed by atoms with E-state index >= 15 is 0 Å². The molecule has 1 N–H and O–H groups in total. The van der Waals surface area contributed by atoms with Crippen LogP contribution in [0, 0.1) is 5.41 Å². The Hall–Kier alpha value is -1.39. The summed E-state index contributed by atoms with van der Waals surface area (Å²) in [5, 5.41) is 11.9. The maximum Gasteiger partial charge on any atom is 0.220 e. The molecule has 0 unspecified atom stereocenters. The van der Waals surface area contributed by atoms with Crippen molar-refractivity contribution in [2.45, 2.75) is 89.6 Å². The molecule has 1 heterocycles. The van der Waals surface area contributed by atoms with Crippen LogP contribution in [-0.4, -0.2) is 20.7 Å². The molecule has 0 aliphatic heterocycles. The van der Waals surface area contributed by atoms with E-state index in [1.165, 1.54) is 57.8 Å². The Bertz CT molecular complexity index is 580. The molecule has 23 heavy (non-hydrogen) atoms. The summed E-state index contributed by atoms with van der Waals surface area (Å²) >= 11 is 0. The van der Waals surface area contributed by atoms with Gasteiger partial charge < -0.3 is 9.88 Å². The lowest BCUT2D eigenvalue weighted by molar-refractivity contribution is -0.123. The van der Waals surface area contributed by atoms with Crippen LogP contribution in [0.25, 0.3) is 0 Å². The predicted molar refractivity (Wildman–Crippen MR) is 87.9 cm³/mol. The maximum absolute atomic E-state index is 12.4. The van der Waals surface area contributed by atoms with E-state index in [9.17, 15) is 4.79 Å². The number of rotatable bonds is 6. The second-order valence-corrected chi connectivity index (χ2v) is 8.17. The first kappa shape index (κ1) is 15.2. The van der Waals surface area contributed by atoms with Crippen LogP contribution >= 0.6 is 0 Å². The van der Waals surface area contributed by atoms with Crippen LogP contribution in [0.1, 0.15) is 94.7 Å². The van der Waals surface area contributed by atoms with Crippen LogP contribution in [0.5, 0.6) is 0 Å². The van der Waals surface area contributed by atoms with Gasteiger partial charge in [0.15, 0.2) is 5.82 Å². The minimum absolute atomic E-state index is 0.174. The van der Waals surface area contributed by atoms with Gasteiger partial charge in [-0.2, -0.15) is 0 Å². The van der Waals surface area contributed by atoms with E-state index in [1.807, 2.05) is 0 Å². The Morgan fingerprint density at radius 3 is 2.57 bits per heavy atom. The van der Waals surface area contributed by atoms with E-state index in [1.54, 1.807) is 0 Å². The largest absolute Gasteiger partial charge is 0.349 e. The smallest absolute Gasteiger partial charge is 0.220 e. The number of carbonyl (C=O) groups is 1. The van der Waals surface area contributed by atoms with Crippen molar-refractivity contribution in [1.82, 2.24) is 20.1 Å². The molecule has 5 heteroatoms. The van der Waals surface area contributed by atoms with Gasteiger partial charge in [0.2, 0.25) is 5.91 Å². The third-order valence-corrected chi connectivity index (χ3v) is 5.74. The molecule has 3 saturated carbocycles. The zero-order chi connectivity index (χ0) is 15.9. The van der Waals surface area contributed by atoms with Gasteiger partial charge in [-0.25, -0.2) is 0 Å². The van der Waals surface area contributed by atoms with Crippen molar-refractivity contribution in [1.29, 1.82) is 0 Å². The molecular formula is C18H28N4O. The van der Waals surface area contributed by atoms with Crippen LogP contribution in [0.2, 0.25) is 0 Å². The van der Waals surface area contributed by atoms with E-state index in [2.05, 4.69) is 27.0 Å². The zero-order valence-electron chi connectivity index (χ0n) is 14.2. The zero-order valence-corrected chi connectivity index (χ0v) is 14.2. The third-order valence-electron chi connectivity index (χ3n) is 5.74. The lowest BCUT2D eigenvalue weighted by Crippen LogP contribution is -2.32. The molecule has 0 spiro atoms. The first-order valence-electron chi connectivity index (χ1n) is 9.35. The summed E-state index contributed by atoms with van der Waals surface area (Å²) in [7, 11) is 0. The number of hydrogen-bond acceptors (Lipinski definition) is 3. The molecule has 1 aromatic rings. The summed E-state index contributed by atoms with van der Waals surface area (Å²) in [5.41, 5.74) is 0.200. The highest BCUT2D eigenvalue weighted by molar-refractivity contribution is 5.76. The summed E-state index contributed by atoms with van der Waals surface area (Å²) in [6.45, 7) is 2.80. The molecule has 0 atom stereocenters. The van der Waals surface area contributed by atoms with Crippen molar-refractivity contribution in [2.75, 3.05) is 0 Å². The molecule has 1 amide bonds. The molecule has 0 aromatic carbocycles. The van der Waals surface area contributed by atoms with Crippen LogP contribution in [0.3, 0.4) is 0 Å². The van der Waals surface area contributed by atoms with Crippen LogP contribution in [0.4, 0.5) is 0 Å². The van der Waals surface area contributed by atoms with Crippen molar-refractivity contribution < 1.29 is 4.79 Å². The summed E-state index contributed by atoms with van der Waals surface area (Å²) in [5.74, 6) is 2.91. The van der Waals surface area contributed by atoms with Crippen molar-refractivity contribution in [2.24, 2.45) is 5.41 Å². The quantitative estimate of drug-likeness (QED) is 0.874. The molecule has 0 radical (unpaired) electrons. The summed E-state index contributed by atoms with van der Waals surface area (Å²) in [6.07, 6.45) is 11.8. The highest BCUT2D eigenvalue weighted by atomic mass is 16.1. The minimum atomic E-state index is 0.174. The molecule has 3 aliphatic rings. The van der Waals surface area contributed by atoms with Gasteiger partial charge in [-0.1, -0.05) is 26.2 Å². The van der Waals surface area contributed by atoms with Crippen LogP contribution in [0.15, 0.2) is 0 Å². The molecule has 3 fully saturated rings. The topological polar surface area (TPSA) is 59.8 Å². The Balaban J connectivity index is 1.36. The molecule has 126 valence electrons. The highest BCUT2D eigenvalue weighted by Gasteiger charge is 2.36. The number of nitrogens with zero attached hydrogens (tertiary/aromatic N) is 3. The van der Waals surface area contributed by atoms with Crippen molar-refractivity contribution in [3.63, 3.8) is 0 Å². The van der Waals surface area contributed by atoms with Gasteiger partial charge in [-0.3, -0.25) is 4.79 Å². The molecule has 0 bridgehead atoms. The van der Waals surface area contributed by atoms with E-state index in [-0.39, 0.29) is 11.3 Å². The van der Waals surface area contributed by atoms with Crippen molar-refractivity contribution in [3.8, 4) is 0 Å². The second-order valence-electron chi connectivity index (χ2n) is 8.17. The first-order valence-corrected chi connectivity index (χ1v) is 9.35. The predicted octanol–water partition coefficient (Wildman–Crippen LogP) is 3.47. The van der Waals surface area contributed by atoms with Gasteiger partial charge in [-0.15, -0.1) is 10.2 Å². The third kappa shape index (κ3) is 3.43. The molecule has 4 rings (SSSR count). The number of carbonyl (C=O) groups excluding carboxylic acids is 1. The summed E-state index contributed by atoms with van der Waals surface area (Å²) in [4.78, 5) is 12.4. The summed E-state index contributed by atoms with van der Waals surface area (Å²) < 4.78 is 2.32. The normalized spacial score (nSPS) is 23.7. The molecule has 3 aliphatic carbocycles. The van der Waals surface area contributed by atoms with Gasteiger partial charge in [0.1, 0.15) is 5.82 Å². The Kier molecular flexibility index (Phi) is 3.90. The number of nitrogens with one attached hydrogen (secondary N) is 1. The number of hydrogen-bond donors (Lipinski definition) is 1. The van der Waals surface area contributed by atoms with Crippen LogP contribution < -0.4 is 5.32 Å². The van der Waals surface area contributed by atoms with E-state index in [0.717, 1.165) is 11.6 Å². The lowest BCUT2D eigenvalue weighted by atomic mass is 9.73. The highest BCUT2D eigenvalue weighted by Crippen LogP contribution is 2.44. The molecule has 5 nitrogen and oxygen atoms in total. The van der Waals surface area contributed by atoms with Gasteiger partial charge in [0.25, 0.3) is 0 Å². The Morgan fingerprint density at radius 2 is 1.91 bits per heavy atom. The minimum Gasteiger partial charge on any atom is -0.349 e. The van der Waals surface area contributed by atoms with Gasteiger partial charge in [0, 0.05) is 18.4 Å². The fourth-order valence-corrected chi connectivity index (χ4v) is 4.02. The van der Waals surface area contributed by atoms with Crippen molar-refractivity contribution >= 4 is 5.91 Å². The monoisotopic (exact) mass is 316 g/mol. The van der Waals surface area contributed by atoms with Crippen LogP contribution in [-0.2, 0) is 11.3 Å². The van der Waals surface area contributed by atoms with E-state index in [4.69, 9.17) is 0 Å².